The van der Waals surface area contributed by atoms with Crippen LogP contribution in [0.3, 0.4) is 0 Å². The van der Waals surface area contributed by atoms with E-state index in [2.05, 4.69) is 239 Å². The lowest BCUT2D eigenvalue weighted by atomic mass is 9.81. The lowest BCUT2D eigenvalue weighted by Gasteiger charge is -2.22. The van der Waals surface area contributed by atoms with Crippen LogP contribution in [0.4, 0.5) is 0 Å². The average molecular weight is 781 g/mol. The van der Waals surface area contributed by atoms with Gasteiger partial charge in [0.05, 0.1) is 0 Å². The molecule has 0 spiro atoms. The number of fused-ring (bicyclic) bond motifs is 6. The third-order valence-corrected chi connectivity index (χ3v) is 12.1. The second-order valence-corrected chi connectivity index (χ2v) is 17.6. The van der Waals surface area contributed by atoms with E-state index in [1.807, 2.05) is 0 Å². The Bertz CT molecular complexity index is 2650. The molecule has 2 aliphatic carbocycles. The van der Waals surface area contributed by atoms with Gasteiger partial charge in [-0.2, -0.15) is 0 Å². The summed E-state index contributed by atoms with van der Waals surface area (Å²) in [6, 6.07) is 61.6. The summed E-state index contributed by atoms with van der Waals surface area (Å²) in [6.07, 6.45) is 1.11. The maximum Gasteiger partial charge on any atom is 0.0159 e. The first-order valence-corrected chi connectivity index (χ1v) is 21.5. The van der Waals surface area contributed by atoms with Crippen molar-refractivity contribution in [2.75, 3.05) is 0 Å². The molecule has 0 atom stereocenters. The van der Waals surface area contributed by atoms with E-state index in [0.29, 0.717) is 0 Å². The predicted molar refractivity (Wildman–Crippen MR) is 260 cm³/mol. The standard InChI is InChI=1S/C17H18.C15H14.2C14H14/c1-11-5-7-13-14-8-6-12(2)10-16(14)17(3,4)15(13)9-11;1-10-3-5-14-12(7-10)9-13-8-11(2)4-6-15(13)14;1-11-6-8-13(9-7-11)14-5-3-4-12(2)10-14;1-11-7-9-13(10-8-11)14-6-4-3-5-12(14)2/h5-10H,1-4H3;3-8H,9H2,1-2H3;2*3-10H,1-2H3. The van der Waals surface area contributed by atoms with E-state index in [-0.39, 0.29) is 5.41 Å². The summed E-state index contributed by atoms with van der Waals surface area (Å²) >= 11 is 0. The summed E-state index contributed by atoms with van der Waals surface area (Å²) in [6.45, 7) is 21.8. The van der Waals surface area contributed by atoms with Gasteiger partial charge in [-0.25, -0.2) is 0 Å². The molecule has 2 aliphatic rings. The molecule has 0 saturated carbocycles. The highest BCUT2D eigenvalue weighted by atomic mass is 14.4. The van der Waals surface area contributed by atoms with Crippen molar-refractivity contribution in [2.45, 2.75) is 81.1 Å². The van der Waals surface area contributed by atoms with Gasteiger partial charge in [-0.1, -0.05) is 223 Å². The van der Waals surface area contributed by atoms with Gasteiger partial charge < -0.3 is 0 Å². The van der Waals surface area contributed by atoms with Gasteiger partial charge in [-0.05, 0) is 134 Å². The fraction of sp³-hybridized carbons (Fsp3) is 0.200. The predicted octanol–water partition coefficient (Wildman–Crippen LogP) is 16.4. The Balaban J connectivity index is 0.000000121. The molecule has 0 aromatic heterocycles. The Morgan fingerprint density at radius 2 is 0.717 bits per heavy atom. The molecule has 8 aromatic carbocycles. The summed E-state index contributed by atoms with van der Waals surface area (Å²) in [4.78, 5) is 0. The monoisotopic (exact) mass is 780 g/mol. The quantitative estimate of drug-likeness (QED) is 0.164. The number of rotatable bonds is 2. The van der Waals surface area contributed by atoms with E-state index in [4.69, 9.17) is 0 Å². The first kappa shape index (κ1) is 41.9. The van der Waals surface area contributed by atoms with Gasteiger partial charge in [-0.3, -0.25) is 0 Å². The van der Waals surface area contributed by atoms with Crippen molar-refractivity contribution < 1.29 is 0 Å². The van der Waals surface area contributed by atoms with Gasteiger partial charge in [-0.15, -0.1) is 0 Å². The van der Waals surface area contributed by atoms with Crippen LogP contribution in [0.15, 0.2) is 170 Å². The van der Waals surface area contributed by atoms with Crippen LogP contribution >= 0.6 is 0 Å². The molecule has 0 unspecified atom stereocenters. The molecule has 0 saturated heterocycles. The van der Waals surface area contributed by atoms with Crippen LogP contribution in [0, 0.1) is 55.4 Å². The highest BCUT2D eigenvalue weighted by Gasteiger charge is 2.35. The first-order chi connectivity index (χ1) is 28.8. The maximum absolute atomic E-state index is 2.34. The zero-order chi connectivity index (χ0) is 42.6. The number of hydrogen-bond donors (Lipinski definition) is 0. The van der Waals surface area contributed by atoms with Crippen LogP contribution in [0.1, 0.15) is 80.6 Å². The molecule has 10 rings (SSSR count). The Morgan fingerprint density at radius 1 is 0.300 bits per heavy atom. The first-order valence-electron chi connectivity index (χ1n) is 21.5. The lowest BCUT2D eigenvalue weighted by Crippen LogP contribution is -2.15. The van der Waals surface area contributed by atoms with E-state index >= 15 is 0 Å². The highest BCUT2D eigenvalue weighted by molar-refractivity contribution is 5.81. The van der Waals surface area contributed by atoms with E-state index < -0.39 is 0 Å². The smallest absolute Gasteiger partial charge is 0.0159 e. The van der Waals surface area contributed by atoms with E-state index in [1.165, 1.54) is 111 Å². The van der Waals surface area contributed by atoms with Gasteiger partial charge >= 0.3 is 0 Å². The molecule has 0 aliphatic heterocycles. The van der Waals surface area contributed by atoms with Gasteiger partial charge in [0.2, 0.25) is 0 Å². The summed E-state index contributed by atoms with van der Waals surface area (Å²) in [5, 5.41) is 0. The zero-order valence-electron chi connectivity index (χ0n) is 37.4. The Kier molecular flexibility index (Phi) is 12.5. The number of benzene rings is 8. The number of hydrogen-bond acceptors (Lipinski definition) is 0. The molecule has 300 valence electrons. The third-order valence-electron chi connectivity index (χ3n) is 12.1. The van der Waals surface area contributed by atoms with Crippen LogP contribution in [0.5, 0.6) is 0 Å². The Hall–Kier alpha value is -6.24. The van der Waals surface area contributed by atoms with Crippen LogP contribution in [0.25, 0.3) is 44.5 Å². The summed E-state index contributed by atoms with van der Waals surface area (Å²) in [5.41, 5.74) is 27.6. The fourth-order valence-corrected chi connectivity index (χ4v) is 8.63. The molecule has 0 radical (unpaired) electrons. The fourth-order valence-electron chi connectivity index (χ4n) is 8.63. The minimum atomic E-state index is 0.142. The van der Waals surface area contributed by atoms with Crippen LogP contribution in [0.2, 0.25) is 0 Å². The molecule has 60 heavy (non-hydrogen) atoms. The molecule has 0 amide bonds. The van der Waals surface area contributed by atoms with Gasteiger partial charge in [0.1, 0.15) is 0 Å². The Labute approximate surface area is 360 Å². The zero-order valence-corrected chi connectivity index (χ0v) is 37.4. The van der Waals surface area contributed by atoms with Gasteiger partial charge in [0.25, 0.3) is 0 Å². The number of aryl methyl sites for hydroxylation is 8. The topological polar surface area (TPSA) is 0 Å². The van der Waals surface area contributed by atoms with Crippen molar-refractivity contribution in [3.05, 3.63) is 237 Å². The summed E-state index contributed by atoms with van der Waals surface area (Å²) < 4.78 is 0. The summed E-state index contributed by atoms with van der Waals surface area (Å²) in [7, 11) is 0. The van der Waals surface area contributed by atoms with E-state index in [9.17, 15) is 0 Å². The molecule has 0 fully saturated rings. The van der Waals surface area contributed by atoms with Crippen molar-refractivity contribution in [2.24, 2.45) is 0 Å². The SMILES string of the molecule is Cc1ccc(-c2cccc(C)c2)cc1.Cc1ccc(-c2ccccc2C)cc1.Cc1ccc2c(c1)C(C)(C)c1cc(C)ccc1-2.Cc1ccc2c(c1)Cc1cc(C)ccc1-2. The molecule has 0 nitrogen and oxygen atoms in total. The second-order valence-electron chi connectivity index (χ2n) is 17.6. The van der Waals surface area contributed by atoms with Crippen LogP contribution < -0.4 is 0 Å². The molecule has 0 N–H and O–H groups in total. The van der Waals surface area contributed by atoms with E-state index in [1.54, 1.807) is 0 Å². The minimum Gasteiger partial charge on any atom is -0.0620 e. The largest absolute Gasteiger partial charge is 0.0620 e. The van der Waals surface area contributed by atoms with Gasteiger partial charge in [0, 0.05) is 5.41 Å². The second kappa shape index (κ2) is 17.9. The average Bonchev–Trinajstić information content (AvgIpc) is 3.69. The highest BCUT2D eigenvalue weighted by Crippen LogP contribution is 2.49. The normalized spacial score (nSPS) is 12.2. The van der Waals surface area contributed by atoms with Crippen LogP contribution in [-0.2, 0) is 11.8 Å². The van der Waals surface area contributed by atoms with Crippen molar-refractivity contribution in [1.29, 1.82) is 0 Å². The Morgan fingerprint density at radius 3 is 1.20 bits per heavy atom. The van der Waals surface area contributed by atoms with Gasteiger partial charge in [0.15, 0.2) is 0 Å². The molecule has 0 heteroatoms. The van der Waals surface area contributed by atoms with Crippen molar-refractivity contribution in [3.8, 4) is 44.5 Å². The van der Waals surface area contributed by atoms with Crippen molar-refractivity contribution >= 4 is 0 Å². The molecular weight excluding hydrogens is 721 g/mol. The van der Waals surface area contributed by atoms with E-state index in [0.717, 1.165) is 6.42 Å². The van der Waals surface area contributed by atoms with Crippen molar-refractivity contribution in [1.82, 2.24) is 0 Å². The lowest BCUT2D eigenvalue weighted by molar-refractivity contribution is 0.659. The minimum absolute atomic E-state index is 0.142. The summed E-state index contributed by atoms with van der Waals surface area (Å²) in [5.74, 6) is 0. The molecule has 8 aromatic rings. The van der Waals surface area contributed by atoms with Crippen LogP contribution in [-0.4, -0.2) is 0 Å². The van der Waals surface area contributed by atoms with Crippen molar-refractivity contribution in [3.63, 3.8) is 0 Å². The third kappa shape index (κ3) is 9.46. The molecule has 0 heterocycles. The molecular formula is C60H60. The maximum atomic E-state index is 2.34. The molecule has 0 bridgehead atoms.